The highest BCUT2D eigenvalue weighted by Gasteiger charge is 2.32. The van der Waals surface area contributed by atoms with E-state index in [0.29, 0.717) is 6.54 Å². The molecule has 1 aromatic carbocycles. The molecule has 0 saturated carbocycles. The lowest BCUT2D eigenvalue weighted by atomic mass is 9.87. The maximum atomic E-state index is 13.3. The van der Waals surface area contributed by atoms with Crippen LogP contribution in [0.5, 0.6) is 0 Å². The highest BCUT2D eigenvalue weighted by Crippen LogP contribution is 2.32. The van der Waals surface area contributed by atoms with Crippen molar-refractivity contribution < 1.29 is 9.50 Å². The molecule has 2 N–H and O–H groups in total. The molecule has 4 heteroatoms. The average Bonchev–Trinajstić information content (AvgIpc) is 2.83. The Bertz CT molecular complexity index is 459. The molecule has 3 rings (SSSR count). The first kappa shape index (κ1) is 13.4. The van der Waals surface area contributed by atoms with Gasteiger partial charge in [-0.2, -0.15) is 11.8 Å². The molecule has 19 heavy (non-hydrogen) atoms. The molecule has 2 atom stereocenters. The van der Waals surface area contributed by atoms with Gasteiger partial charge in [-0.05, 0) is 54.7 Å². The van der Waals surface area contributed by atoms with Crippen LogP contribution in [0.15, 0.2) is 18.2 Å². The van der Waals surface area contributed by atoms with Crippen molar-refractivity contribution in [3.8, 4) is 0 Å². The summed E-state index contributed by atoms with van der Waals surface area (Å²) >= 11 is 1.82. The molecule has 2 aliphatic rings. The Labute approximate surface area is 117 Å². The van der Waals surface area contributed by atoms with Crippen LogP contribution in [0.1, 0.15) is 36.4 Å². The van der Waals surface area contributed by atoms with Crippen LogP contribution in [0.25, 0.3) is 0 Å². The molecule has 1 aliphatic carbocycles. The first-order valence-electron chi connectivity index (χ1n) is 6.98. The third-order valence-electron chi connectivity index (χ3n) is 4.18. The average molecular weight is 281 g/mol. The Balaban J connectivity index is 1.69. The van der Waals surface area contributed by atoms with E-state index in [4.69, 9.17) is 0 Å². The number of aliphatic hydroxyl groups is 1. The lowest BCUT2D eigenvalue weighted by Gasteiger charge is -2.30. The molecule has 1 saturated heterocycles. The number of hydrogen-bond donors (Lipinski definition) is 2. The van der Waals surface area contributed by atoms with Gasteiger partial charge in [0.25, 0.3) is 0 Å². The van der Waals surface area contributed by atoms with Crippen LogP contribution in [0.2, 0.25) is 0 Å². The second kappa shape index (κ2) is 5.43. The number of rotatable bonds is 3. The first-order valence-corrected chi connectivity index (χ1v) is 8.14. The minimum absolute atomic E-state index is 0.148. The highest BCUT2D eigenvalue weighted by molar-refractivity contribution is 7.99. The summed E-state index contributed by atoms with van der Waals surface area (Å²) in [5.41, 5.74) is 1.78. The number of nitrogens with one attached hydrogen (secondary N) is 1. The monoisotopic (exact) mass is 281 g/mol. The Kier molecular flexibility index (Phi) is 3.83. The molecule has 0 spiro atoms. The first-order chi connectivity index (χ1) is 9.16. The van der Waals surface area contributed by atoms with E-state index in [1.165, 1.54) is 5.56 Å². The summed E-state index contributed by atoms with van der Waals surface area (Å²) in [6.07, 6.45) is 3.99. The summed E-state index contributed by atoms with van der Waals surface area (Å²) in [5.74, 6) is 1.72. The van der Waals surface area contributed by atoms with Crippen LogP contribution in [0.4, 0.5) is 4.39 Å². The van der Waals surface area contributed by atoms with Gasteiger partial charge < -0.3 is 10.4 Å². The summed E-state index contributed by atoms with van der Waals surface area (Å²) in [5, 5.41) is 13.9. The SMILES string of the molecule is OC1(CNC2CCCc3cc(F)ccc32)CCSC1. The van der Waals surface area contributed by atoms with Crippen molar-refractivity contribution in [1.82, 2.24) is 5.32 Å². The van der Waals surface area contributed by atoms with Crippen LogP contribution in [-0.2, 0) is 6.42 Å². The fourth-order valence-corrected chi connectivity index (χ4v) is 4.34. The van der Waals surface area contributed by atoms with Crippen molar-refractivity contribution in [1.29, 1.82) is 0 Å². The Morgan fingerprint density at radius 3 is 3.16 bits per heavy atom. The minimum Gasteiger partial charge on any atom is -0.388 e. The summed E-state index contributed by atoms with van der Waals surface area (Å²) < 4.78 is 13.3. The van der Waals surface area contributed by atoms with E-state index in [-0.39, 0.29) is 11.9 Å². The van der Waals surface area contributed by atoms with Crippen molar-refractivity contribution in [3.05, 3.63) is 35.1 Å². The molecule has 0 aromatic heterocycles. The molecule has 1 fully saturated rings. The number of halogens is 1. The van der Waals surface area contributed by atoms with Gasteiger partial charge in [0.15, 0.2) is 0 Å². The van der Waals surface area contributed by atoms with E-state index in [9.17, 15) is 9.50 Å². The van der Waals surface area contributed by atoms with Crippen LogP contribution in [-0.4, -0.2) is 28.8 Å². The summed E-state index contributed by atoms with van der Waals surface area (Å²) in [7, 11) is 0. The van der Waals surface area contributed by atoms with E-state index >= 15 is 0 Å². The van der Waals surface area contributed by atoms with Gasteiger partial charge in [-0.15, -0.1) is 0 Å². The molecule has 0 amide bonds. The maximum Gasteiger partial charge on any atom is 0.123 e. The van der Waals surface area contributed by atoms with Gasteiger partial charge in [-0.25, -0.2) is 4.39 Å². The molecular weight excluding hydrogens is 261 g/mol. The maximum absolute atomic E-state index is 13.3. The third-order valence-corrected chi connectivity index (χ3v) is 5.41. The Morgan fingerprint density at radius 1 is 1.47 bits per heavy atom. The van der Waals surface area contributed by atoms with Crippen LogP contribution in [0.3, 0.4) is 0 Å². The molecular formula is C15H20FNOS. The number of benzene rings is 1. The molecule has 2 nitrogen and oxygen atoms in total. The van der Waals surface area contributed by atoms with Gasteiger partial charge in [-0.3, -0.25) is 0 Å². The predicted octanol–water partition coefficient (Wildman–Crippen LogP) is 2.66. The van der Waals surface area contributed by atoms with Gasteiger partial charge in [0.1, 0.15) is 5.82 Å². The third kappa shape index (κ3) is 2.96. The second-order valence-corrected chi connectivity index (χ2v) is 6.80. The quantitative estimate of drug-likeness (QED) is 0.893. The number of fused-ring (bicyclic) bond motifs is 1. The largest absolute Gasteiger partial charge is 0.388 e. The van der Waals surface area contributed by atoms with E-state index < -0.39 is 5.60 Å². The molecule has 104 valence electrons. The van der Waals surface area contributed by atoms with Crippen molar-refractivity contribution in [2.24, 2.45) is 0 Å². The van der Waals surface area contributed by atoms with Gasteiger partial charge in [0.05, 0.1) is 5.60 Å². The van der Waals surface area contributed by atoms with Gasteiger partial charge >= 0.3 is 0 Å². The molecule has 2 unspecified atom stereocenters. The van der Waals surface area contributed by atoms with Crippen molar-refractivity contribution in [2.45, 2.75) is 37.3 Å². The summed E-state index contributed by atoms with van der Waals surface area (Å²) in [4.78, 5) is 0. The van der Waals surface area contributed by atoms with E-state index in [1.54, 1.807) is 12.1 Å². The van der Waals surface area contributed by atoms with E-state index in [1.807, 2.05) is 17.8 Å². The van der Waals surface area contributed by atoms with Crippen LogP contribution in [0, 0.1) is 5.82 Å². The van der Waals surface area contributed by atoms with Gasteiger partial charge in [0.2, 0.25) is 0 Å². The van der Waals surface area contributed by atoms with Crippen LogP contribution >= 0.6 is 11.8 Å². The zero-order valence-electron chi connectivity index (χ0n) is 11.0. The summed E-state index contributed by atoms with van der Waals surface area (Å²) in [6, 6.07) is 5.36. The molecule has 0 radical (unpaired) electrons. The zero-order valence-corrected chi connectivity index (χ0v) is 11.8. The topological polar surface area (TPSA) is 32.3 Å². The van der Waals surface area contributed by atoms with Gasteiger partial charge in [-0.1, -0.05) is 6.07 Å². The lowest BCUT2D eigenvalue weighted by molar-refractivity contribution is 0.0638. The number of aryl methyl sites for hydroxylation is 1. The highest BCUT2D eigenvalue weighted by atomic mass is 32.2. The molecule has 1 heterocycles. The minimum atomic E-state index is -0.553. The van der Waals surface area contributed by atoms with E-state index in [0.717, 1.165) is 42.8 Å². The fourth-order valence-electron chi connectivity index (χ4n) is 3.04. The van der Waals surface area contributed by atoms with Gasteiger partial charge in [0, 0.05) is 18.3 Å². The smallest absolute Gasteiger partial charge is 0.123 e. The lowest BCUT2D eigenvalue weighted by Crippen LogP contribution is -2.42. The molecule has 0 bridgehead atoms. The number of thioether (sulfide) groups is 1. The fraction of sp³-hybridized carbons (Fsp3) is 0.600. The Hall–Kier alpha value is -0.580. The summed E-state index contributed by atoms with van der Waals surface area (Å²) in [6.45, 7) is 0.640. The standard InChI is InChI=1S/C15H20FNOS/c16-12-4-5-13-11(8-12)2-1-3-14(13)17-9-15(18)6-7-19-10-15/h4-5,8,14,17-18H,1-3,6-7,9-10H2. The zero-order chi connectivity index (χ0) is 13.3. The van der Waals surface area contributed by atoms with Crippen molar-refractivity contribution in [3.63, 3.8) is 0 Å². The van der Waals surface area contributed by atoms with Crippen LogP contribution < -0.4 is 5.32 Å². The van der Waals surface area contributed by atoms with Crippen molar-refractivity contribution in [2.75, 3.05) is 18.1 Å². The normalized spacial score (nSPS) is 30.3. The van der Waals surface area contributed by atoms with E-state index in [2.05, 4.69) is 5.32 Å². The van der Waals surface area contributed by atoms with Crippen molar-refractivity contribution >= 4 is 11.8 Å². The second-order valence-electron chi connectivity index (χ2n) is 5.70. The number of hydrogen-bond acceptors (Lipinski definition) is 3. The Morgan fingerprint density at radius 2 is 2.37 bits per heavy atom. The predicted molar refractivity (Wildman–Crippen MR) is 77.0 cm³/mol. The molecule has 1 aromatic rings. The molecule has 1 aliphatic heterocycles.